The molecule has 0 spiro atoms. The van der Waals surface area contributed by atoms with Gasteiger partial charge in [0.2, 0.25) is 0 Å². The standard InChI is InChI=1S/C16H28N4O/c1-6-8-14-18-15(17-7-2)11(3)16(19-14)20(5)13-9-10-21-12(13)4/h12-13H,6-10H2,1-5H3,(H,17,18,19). The van der Waals surface area contributed by atoms with Crippen molar-refractivity contribution in [3.63, 3.8) is 0 Å². The number of ether oxygens (including phenoxy) is 1. The first-order chi connectivity index (χ1) is 10.1. The molecule has 5 nitrogen and oxygen atoms in total. The maximum Gasteiger partial charge on any atom is 0.137 e. The molecule has 1 fully saturated rings. The first kappa shape index (κ1) is 16.0. The van der Waals surface area contributed by atoms with Gasteiger partial charge in [-0.1, -0.05) is 6.92 Å². The summed E-state index contributed by atoms with van der Waals surface area (Å²) in [6.45, 7) is 10.2. The van der Waals surface area contributed by atoms with Crippen molar-refractivity contribution in [2.45, 2.75) is 59.1 Å². The number of hydrogen-bond donors (Lipinski definition) is 1. The largest absolute Gasteiger partial charge is 0.376 e. The lowest BCUT2D eigenvalue weighted by Gasteiger charge is -2.29. The Kier molecular flexibility index (Phi) is 5.39. The molecule has 2 rings (SSSR count). The number of hydrogen-bond acceptors (Lipinski definition) is 5. The average Bonchev–Trinajstić information content (AvgIpc) is 2.88. The van der Waals surface area contributed by atoms with Gasteiger partial charge in [-0.05, 0) is 33.6 Å². The zero-order valence-electron chi connectivity index (χ0n) is 13.9. The normalized spacial score (nSPS) is 21.6. The van der Waals surface area contributed by atoms with Crippen LogP contribution in [0.4, 0.5) is 11.6 Å². The summed E-state index contributed by atoms with van der Waals surface area (Å²) in [6, 6.07) is 0.391. The number of anilines is 2. The van der Waals surface area contributed by atoms with Gasteiger partial charge in [0.05, 0.1) is 12.1 Å². The molecule has 1 N–H and O–H groups in total. The van der Waals surface area contributed by atoms with E-state index >= 15 is 0 Å². The van der Waals surface area contributed by atoms with Gasteiger partial charge in [0.15, 0.2) is 0 Å². The van der Waals surface area contributed by atoms with Gasteiger partial charge in [-0.2, -0.15) is 0 Å². The summed E-state index contributed by atoms with van der Waals surface area (Å²) in [6.07, 6.45) is 3.28. The lowest BCUT2D eigenvalue weighted by atomic mass is 10.1. The summed E-state index contributed by atoms with van der Waals surface area (Å²) in [5.74, 6) is 2.92. The van der Waals surface area contributed by atoms with E-state index in [1.165, 1.54) is 0 Å². The molecule has 0 amide bonds. The Labute approximate surface area is 128 Å². The quantitative estimate of drug-likeness (QED) is 0.873. The van der Waals surface area contributed by atoms with Crippen LogP contribution in [0.3, 0.4) is 0 Å². The van der Waals surface area contributed by atoms with Gasteiger partial charge >= 0.3 is 0 Å². The zero-order valence-corrected chi connectivity index (χ0v) is 13.9. The topological polar surface area (TPSA) is 50.3 Å². The maximum absolute atomic E-state index is 5.70. The predicted molar refractivity (Wildman–Crippen MR) is 87.1 cm³/mol. The molecule has 0 bridgehead atoms. The third-order valence-electron chi connectivity index (χ3n) is 4.15. The molecule has 0 radical (unpaired) electrons. The highest BCUT2D eigenvalue weighted by Crippen LogP contribution is 2.28. The van der Waals surface area contributed by atoms with E-state index in [0.29, 0.717) is 6.04 Å². The highest BCUT2D eigenvalue weighted by atomic mass is 16.5. The van der Waals surface area contributed by atoms with E-state index in [1.54, 1.807) is 0 Å². The van der Waals surface area contributed by atoms with Crippen molar-refractivity contribution < 1.29 is 4.74 Å². The Hall–Kier alpha value is -1.36. The van der Waals surface area contributed by atoms with Gasteiger partial charge in [0.25, 0.3) is 0 Å². The Balaban J connectivity index is 2.35. The molecule has 0 aromatic carbocycles. The number of aromatic nitrogens is 2. The van der Waals surface area contributed by atoms with E-state index in [9.17, 15) is 0 Å². The second-order valence-electron chi connectivity index (χ2n) is 5.76. The Morgan fingerprint density at radius 2 is 2.10 bits per heavy atom. The van der Waals surface area contributed by atoms with Gasteiger partial charge in [0.1, 0.15) is 17.5 Å². The minimum Gasteiger partial charge on any atom is -0.376 e. The summed E-state index contributed by atoms with van der Waals surface area (Å²) < 4.78 is 5.70. The molecular weight excluding hydrogens is 264 g/mol. The van der Waals surface area contributed by atoms with Crippen LogP contribution < -0.4 is 10.2 Å². The van der Waals surface area contributed by atoms with Crippen LogP contribution in [0.5, 0.6) is 0 Å². The number of nitrogens with zero attached hydrogens (tertiary/aromatic N) is 3. The van der Waals surface area contributed by atoms with Crippen LogP contribution in [0.25, 0.3) is 0 Å². The zero-order chi connectivity index (χ0) is 15.4. The predicted octanol–water partition coefficient (Wildman–Crippen LogP) is 2.78. The lowest BCUT2D eigenvalue weighted by molar-refractivity contribution is 0.118. The van der Waals surface area contributed by atoms with E-state index < -0.39 is 0 Å². The molecule has 118 valence electrons. The molecule has 1 aromatic rings. The van der Waals surface area contributed by atoms with Gasteiger partial charge in [-0.25, -0.2) is 9.97 Å². The minimum absolute atomic E-state index is 0.251. The summed E-state index contributed by atoms with van der Waals surface area (Å²) in [4.78, 5) is 11.7. The lowest BCUT2D eigenvalue weighted by Crippen LogP contribution is -2.38. The molecular formula is C16H28N4O. The van der Waals surface area contributed by atoms with E-state index in [2.05, 4.69) is 49.9 Å². The summed E-state index contributed by atoms with van der Waals surface area (Å²) in [5, 5.41) is 3.36. The number of likely N-dealkylation sites (N-methyl/N-ethyl adjacent to an activating group) is 1. The van der Waals surface area contributed by atoms with Gasteiger partial charge in [-0.15, -0.1) is 0 Å². The SMILES string of the molecule is CCCc1nc(NCC)c(C)c(N(C)C2CCOC2C)n1. The van der Waals surface area contributed by atoms with Crippen LogP contribution in [0.1, 0.15) is 45.0 Å². The molecule has 1 aromatic heterocycles. The van der Waals surface area contributed by atoms with Crippen molar-refractivity contribution in [3.05, 3.63) is 11.4 Å². The van der Waals surface area contributed by atoms with E-state index in [1.807, 2.05) is 0 Å². The molecule has 2 unspecified atom stereocenters. The molecule has 0 saturated carbocycles. The summed E-state index contributed by atoms with van der Waals surface area (Å²) in [5.41, 5.74) is 1.12. The van der Waals surface area contributed by atoms with E-state index in [0.717, 1.165) is 55.4 Å². The monoisotopic (exact) mass is 292 g/mol. The molecule has 0 aliphatic carbocycles. The molecule has 21 heavy (non-hydrogen) atoms. The van der Waals surface area contributed by atoms with Crippen LogP contribution in [0.2, 0.25) is 0 Å². The van der Waals surface area contributed by atoms with Crippen molar-refractivity contribution in [3.8, 4) is 0 Å². The van der Waals surface area contributed by atoms with Crippen LogP contribution >= 0.6 is 0 Å². The first-order valence-corrected chi connectivity index (χ1v) is 8.04. The summed E-state index contributed by atoms with van der Waals surface area (Å²) >= 11 is 0. The fraction of sp³-hybridized carbons (Fsp3) is 0.750. The third-order valence-corrected chi connectivity index (χ3v) is 4.15. The van der Waals surface area contributed by atoms with Crippen molar-refractivity contribution in [1.82, 2.24) is 9.97 Å². The van der Waals surface area contributed by atoms with Crippen molar-refractivity contribution in [1.29, 1.82) is 0 Å². The van der Waals surface area contributed by atoms with Gasteiger partial charge in [-0.3, -0.25) is 0 Å². The second kappa shape index (κ2) is 7.07. The highest BCUT2D eigenvalue weighted by Gasteiger charge is 2.30. The number of rotatable bonds is 6. The Bertz CT molecular complexity index is 478. The maximum atomic E-state index is 5.70. The number of aryl methyl sites for hydroxylation is 1. The third kappa shape index (κ3) is 3.46. The molecule has 1 aliphatic rings. The minimum atomic E-state index is 0.251. The van der Waals surface area contributed by atoms with Crippen LogP contribution in [-0.2, 0) is 11.2 Å². The van der Waals surface area contributed by atoms with Crippen molar-refractivity contribution >= 4 is 11.6 Å². The van der Waals surface area contributed by atoms with Gasteiger partial charge in [0, 0.05) is 32.2 Å². The fourth-order valence-corrected chi connectivity index (χ4v) is 2.95. The molecule has 2 atom stereocenters. The van der Waals surface area contributed by atoms with Crippen LogP contribution in [-0.4, -0.2) is 42.3 Å². The fourth-order valence-electron chi connectivity index (χ4n) is 2.95. The second-order valence-corrected chi connectivity index (χ2v) is 5.76. The smallest absolute Gasteiger partial charge is 0.137 e. The first-order valence-electron chi connectivity index (χ1n) is 8.04. The van der Waals surface area contributed by atoms with Crippen molar-refractivity contribution in [2.75, 3.05) is 30.4 Å². The Morgan fingerprint density at radius 1 is 1.33 bits per heavy atom. The molecule has 2 heterocycles. The Morgan fingerprint density at radius 3 is 2.67 bits per heavy atom. The highest BCUT2D eigenvalue weighted by molar-refractivity contribution is 5.59. The van der Waals surface area contributed by atoms with E-state index in [-0.39, 0.29) is 6.10 Å². The average molecular weight is 292 g/mol. The van der Waals surface area contributed by atoms with E-state index in [4.69, 9.17) is 9.72 Å². The van der Waals surface area contributed by atoms with Gasteiger partial charge < -0.3 is 15.0 Å². The van der Waals surface area contributed by atoms with Crippen LogP contribution in [0, 0.1) is 6.92 Å². The van der Waals surface area contributed by atoms with Crippen molar-refractivity contribution in [2.24, 2.45) is 0 Å². The molecule has 1 aliphatic heterocycles. The molecule has 1 saturated heterocycles. The number of nitrogens with one attached hydrogen (secondary N) is 1. The molecule has 5 heteroatoms. The van der Waals surface area contributed by atoms with Crippen LogP contribution in [0.15, 0.2) is 0 Å². The summed E-state index contributed by atoms with van der Waals surface area (Å²) in [7, 11) is 2.12.